The molecule has 1 fully saturated rings. The number of anilines is 1. The summed E-state index contributed by atoms with van der Waals surface area (Å²) < 4.78 is 0. The molecule has 1 aromatic heterocycles. The fraction of sp³-hybridized carbons (Fsp3) is 0.500. The van der Waals surface area contributed by atoms with Gasteiger partial charge in [-0.15, -0.1) is 0 Å². The molecule has 0 N–H and O–H groups in total. The SMILES string of the molecule is CN1CCN(c2cnc(C(=O)[O-])cn2)CC1.[K+]. The van der Waals surface area contributed by atoms with Crippen LogP contribution in [0.3, 0.4) is 0 Å². The molecule has 0 unspecified atom stereocenters. The summed E-state index contributed by atoms with van der Waals surface area (Å²) in [7, 11) is 2.07. The fourth-order valence-electron chi connectivity index (χ4n) is 1.63. The van der Waals surface area contributed by atoms with Crippen LogP contribution in [-0.2, 0) is 0 Å². The molecule has 0 aliphatic carbocycles. The average molecular weight is 260 g/mol. The van der Waals surface area contributed by atoms with E-state index in [9.17, 15) is 9.90 Å². The molecule has 1 aliphatic heterocycles. The second-order valence-corrected chi connectivity index (χ2v) is 3.84. The molecule has 0 bridgehead atoms. The van der Waals surface area contributed by atoms with E-state index in [4.69, 9.17) is 0 Å². The standard InChI is InChI=1S/C10H14N4O2.K/c1-13-2-4-14(5-3-13)9-7-11-8(6-12-9)10(15)16;/h6-7H,2-5H2,1H3,(H,15,16);/q;+1/p-1. The normalized spacial score (nSPS) is 16.4. The first kappa shape index (κ1) is 15.0. The number of hydrogen-bond donors (Lipinski definition) is 0. The third-order valence-corrected chi connectivity index (χ3v) is 2.67. The monoisotopic (exact) mass is 260 g/mol. The number of piperazine rings is 1. The van der Waals surface area contributed by atoms with Crippen molar-refractivity contribution < 1.29 is 61.3 Å². The summed E-state index contributed by atoms with van der Waals surface area (Å²) in [5.74, 6) is -0.574. The van der Waals surface area contributed by atoms with Gasteiger partial charge < -0.3 is 19.7 Å². The maximum Gasteiger partial charge on any atom is 1.00 e. The minimum Gasteiger partial charge on any atom is -0.543 e. The van der Waals surface area contributed by atoms with Crippen molar-refractivity contribution in [3.63, 3.8) is 0 Å². The zero-order valence-electron chi connectivity index (χ0n) is 10.1. The number of rotatable bonds is 2. The summed E-state index contributed by atoms with van der Waals surface area (Å²) in [5, 5.41) is 10.5. The van der Waals surface area contributed by atoms with Crippen LogP contribution in [-0.4, -0.2) is 54.1 Å². The van der Waals surface area contributed by atoms with Gasteiger partial charge in [0, 0.05) is 26.2 Å². The van der Waals surface area contributed by atoms with Crippen LogP contribution >= 0.6 is 0 Å². The smallest absolute Gasteiger partial charge is 0.543 e. The second kappa shape index (κ2) is 6.77. The number of carboxylic acids is 1. The van der Waals surface area contributed by atoms with Crippen LogP contribution < -0.4 is 61.4 Å². The Morgan fingerprint density at radius 2 is 1.88 bits per heavy atom. The number of hydrogen-bond acceptors (Lipinski definition) is 6. The second-order valence-electron chi connectivity index (χ2n) is 3.84. The van der Waals surface area contributed by atoms with Crippen molar-refractivity contribution in [2.45, 2.75) is 0 Å². The molecule has 1 saturated heterocycles. The maximum atomic E-state index is 10.5. The van der Waals surface area contributed by atoms with Crippen LogP contribution in [0, 0.1) is 0 Å². The molecular weight excluding hydrogens is 247 g/mol. The Morgan fingerprint density at radius 3 is 2.35 bits per heavy atom. The first-order valence-electron chi connectivity index (χ1n) is 5.13. The first-order chi connectivity index (χ1) is 7.66. The summed E-state index contributed by atoms with van der Waals surface area (Å²) in [6, 6.07) is 0. The van der Waals surface area contributed by atoms with Crippen molar-refractivity contribution in [3.8, 4) is 0 Å². The van der Waals surface area contributed by atoms with Crippen LogP contribution in [0.2, 0.25) is 0 Å². The molecule has 7 heteroatoms. The number of aromatic nitrogens is 2. The third-order valence-electron chi connectivity index (χ3n) is 2.67. The van der Waals surface area contributed by atoms with Gasteiger partial charge in [-0.3, -0.25) is 0 Å². The molecule has 17 heavy (non-hydrogen) atoms. The molecule has 0 spiro atoms. The Kier molecular flexibility index (Phi) is 5.97. The molecule has 0 radical (unpaired) electrons. The number of aromatic carboxylic acids is 1. The topological polar surface area (TPSA) is 72.4 Å². The minimum atomic E-state index is -1.29. The van der Waals surface area contributed by atoms with Gasteiger partial charge in [-0.05, 0) is 7.05 Å². The zero-order chi connectivity index (χ0) is 11.5. The Balaban J connectivity index is 0.00000144. The zero-order valence-corrected chi connectivity index (χ0v) is 13.2. The summed E-state index contributed by atoms with van der Waals surface area (Å²) in [5.41, 5.74) is -0.127. The van der Waals surface area contributed by atoms with Gasteiger partial charge in [-0.2, -0.15) is 0 Å². The Labute approximate surface area is 142 Å². The van der Waals surface area contributed by atoms with Gasteiger partial charge in [0.1, 0.15) is 11.5 Å². The van der Waals surface area contributed by atoms with Crippen molar-refractivity contribution in [1.29, 1.82) is 0 Å². The molecular formula is C10H13KN4O2. The number of carbonyl (C=O) groups is 1. The largest absolute Gasteiger partial charge is 1.00 e. The van der Waals surface area contributed by atoms with E-state index in [1.807, 2.05) is 0 Å². The van der Waals surface area contributed by atoms with Crippen molar-refractivity contribution in [2.24, 2.45) is 0 Å². The molecule has 0 aromatic carbocycles. The third kappa shape index (κ3) is 3.97. The molecule has 1 aromatic rings. The van der Waals surface area contributed by atoms with Crippen LogP contribution in [0.5, 0.6) is 0 Å². The van der Waals surface area contributed by atoms with Crippen molar-refractivity contribution in [1.82, 2.24) is 14.9 Å². The number of carbonyl (C=O) groups excluding carboxylic acids is 1. The molecule has 1 aliphatic rings. The predicted octanol–water partition coefficient (Wildman–Crippen LogP) is -4.40. The van der Waals surface area contributed by atoms with Gasteiger partial charge in [0.2, 0.25) is 0 Å². The molecule has 0 atom stereocenters. The number of nitrogens with zero attached hydrogens (tertiary/aromatic N) is 4. The average Bonchev–Trinajstić information content (AvgIpc) is 2.30. The predicted molar refractivity (Wildman–Crippen MR) is 56.1 cm³/mol. The van der Waals surface area contributed by atoms with E-state index in [2.05, 4.69) is 26.8 Å². The molecule has 2 heterocycles. The van der Waals surface area contributed by atoms with Gasteiger partial charge in [0.25, 0.3) is 0 Å². The molecule has 6 nitrogen and oxygen atoms in total. The van der Waals surface area contributed by atoms with Gasteiger partial charge in [0.15, 0.2) is 0 Å². The summed E-state index contributed by atoms with van der Waals surface area (Å²) in [6.07, 6.45) is 2.72. The van der Waals surface area contributed by atoms with E-state index in [0.29, 0.717) is 0 Å². The van der Waals surface area contributed by atoms with E-state index < -0.39 is 5.97 Å². The van der Waals surface area contributed by atoms with Crippen LogP contribution in [0.4, 0.5) is 5.82 Å². The number of likely N-dealkylation sites (N-methyl/N-ethyl adjacent to an activating group) is 1. The molecule has 86 valence electrons. The van der Waals surface area contributed by atoms with E-state index in [1.165, 1.54) is 12.4 Å². The summed E-state index contributed by atoms with van der Waals surface area (Å²) in [4.78, 5) is 22.7. The van der Waals surface area contributed by atoms with Crippen molar-refractivity contribution in [3.05, 3.63) is 18.1 Å². The molecule has 2 rings (SSSR count). The van der Waals surface area contributed by atoms with Crippen molar-refractivity contribution >= 4 is 11.8 Å². The van der Waals surface area contributed by atoms with E-state index in [-0.39, 0.29) is 57.1 Å². The maximum absolute atomic E-state index is 10.5. The van der Waals surface area contributed by atoms with Gasteiger partial charge >= 0.3 is 51.4 Å². The summed E-state index contributed by atoms with van der Waals surface area (Å²) >= 11 is 0. The Morgan fingerprint density at radius 1 is 1.24 bits per heavy atom. The van der Waals surface area contributed by atoms with E-state index >= 15 is 0 Å². The molecule has 0 amide bonds. The Bertz CT molecular complexity index is 376. The minimum absolute atomic E-state index is 0. The Hall–Kier alpha value is -0.0536. The quantitative estimate of drug-likeness (QED) is 0.500. The van der Waals surface area contributed by atoms with Crippen LogP contribution in [0.15, 0.2) is 12.4 Å². The van der Waals surface area contributed by atoms with Crippen molar-refractivity contribution in [2.75, 3.05) is 38.1 Å². The fourth-order valence-corrected chi connectivity index (χ4v) is 1.63. The molecule has 0 saturated carbocycles. The van der Waals surface area contributed by atoms with Gasteiger partial charge in [-0.1, -0.05) is 0 Å². The van der Waals surface area contributed by atoms with Gasteiger partial charge in [-0.25, -0.2) is 9.97 Å². The van der Waals surface area contributed by atoms with Gasteiger partial charge in [0.05, 0.1) is 18.4 Å². The van der Waals surface area contributed by atoms with Crippen LogP contribution in [0.1, 0.15) is 10.5 Å². The number of carboxylic acid groups (broad SMARTS) is 1. The van der Waals surface area contributed by atoms with E-state index in [0.717, 1.165) is 32.0 Å². The van der Waals surface area contributed by atoms with Crippen LogP contribution in [0.25, 0.3) is 0 Å². The summed E-state index contributed by atoms with van der Waals surface area (Å²) in [6.45, 7) is 3.72. The van der Waals surface area contributed by atoms with E-state index in [1.54, 1.807) is 0 Å². The first-order valence-corrected chi connectivity index (χ1v) is 5.13.